The Morgan fingerprint density at radius 2 is 1.72 bits per heavy atom. The van der Waals surface area contributed by atoms with Crippen LogP contribution in [-0.4, -0.2) is 59.1 Å². The van der Waals surface area contributed by atoms with E-state index in [4.69, 9.17) is 5.73 Å². The molecular weight excluding hydrogens is 372 g/mol. The molecule has 8 heteroatoms. The zero-order chi connectivity index (χ0) is 21.2. The van der Waals surface area contributed by atoms with Crippen LogP contribution in [0, 0.1) is 5.92 Å². The van der Waals surface area contributed by atoms with Gasteiger partial charge in [0.1, 0.15) is 12.1 Å². The fourth-order valence-electron chi connectivity index (χ4n) is 4.55. The van der Waals surface area contributed by atoms with Gasteiger partial charge in [0, 0.05) is 12.6 Å². The van der Waals surface area contributed by atoms with Gasteiger partial charge in [-0.1, -0.05) is 32.1 Å². The molecular formula is C21H38N4O4. The molecule has 0 spiro atoms. The topological polar surface area (TPSA) is 125 Å². The lowest BCUT2D eigenvalue weighted by Gasteiger charge is -2.31. The van der Waals surface area contributed by atoms with E-state index in [1.165, 1.54) is 19.3 Å². The highest BCUT2D eigenvalue weighted by Gasteiger charge is 2.34. The summed E-state index contributed by atoms with van der Waals surface area (Å²) >= 11 is 0. The highest BCUT2D eigenvalue weighted by Crippen LogP contribution is 2.28. The Bertz CT molecular complexity index is 551. The van der Waals surface area contributed by atoms with E-state index < -0.39 is 24.1 Å². The molecule has 1 saturated heterocycles. The number of likely N-dealkylation sites (tertiary alicyclic amines) is 1. The van der Waals surface area contributed by atoms with Gasteiger partial charge in [-0.3, -0.25) is 4.79 Å². The van der Waals surface area contributed by atoms with Crippen molar-refractivity contribution < 1.29 is 19.5 Å². The summed E-state index contributed by atoms with van der Waals surface area (Å²) in [4.78, 5) is 39.0. The third-order valence-corrected chi connectivity index (χ3v) is 6.28. The number of hydrogen-bond acceptors (Lipinski definition) is 4. The van der Waals surface area contributed by atoms with Crippen LogP contribution in [0.3, 0.4) is 0 Å². The summed E-state index contributed by atoms with van der Waals surface area (Å²) in [7, 11) is 0. The molecule has 1 aliphatic heterocycles. The van der Waals surface area contributed by atoms with Crippen LogP contribution in [-0.2, 0) is 9.59 Å². The highest BCUT2D eigenvalue weighted by atomic mass is 16.4. The second-order valence-corrected chi connectivity index (χ2v) is 8.61. The van der Waals surface area contributed by atoms with Gasteiger partial charge in [-0.2, -0.15) is 0 Å². The molecule has 3 atom stereocenters. The summed E-state index contributed by atoms with van der Waals surface area (Å²) in [5.74, 6) is -0.679. The first-order valence-corrected chi connectivity index (χ1v) is 11.2. The van der Waals surface area contributed by atoms with Gasteiger partial charge in [-0.05, 0) is 57.9 Å². The first kappa shape index (κ1) is 23.4. The van der Waals surface area contributed by atoms with E-state index in [-0.39, 0.29) is 11.9 Å². The predicted molar refractivity (Wildman–Crippen MR) is 111 cm³/mol. The molecule has 3 amide bonds. The van der Waals surface area contributed by atoms with Crippen LogP contribution >= 0.6 is 0 Å². The van der Waals surface area contributed by atoms with Crippen LogP contribution in [0.5, 0.6) is 0 Å². The number of nitrogens with two attached hydrogens (primary N) is 1. The minimum atomic E-state index is -1.07. The van der Waals surface area contributed by atoms with Gasteiger partial charge in [0.15, 0.2) is 0 Å². The molecule has 2 aliphatic rings. The molecule has 1 heterocycles. The van der Waals surface area contributed by atoms with Crippen LogP contribution in [0.15, 0.2) is 0 Å². The molecule has 0 radical (unpaired) electrons. The van der Waals surface area contributed by atoms with Crippen molar-refractivity contribution in [3.63, 3.8) is 0 Å². The van der Waals surface area contributed by atoms with E-state index in [9.17, 15) is 19.5 Å². The van der Waals surface area contributed by atoms with E-state index in [0.717, 1.165) is 32.2 Å². The van der Waals surface area contributed by atoms with Crippen molar-refractivity contribution in [1.82, 2.24) is 15.5 Å². The Balaban J connectivity index is 1.99. The Labute approximate surface area is 174 Å². The number of aliphatic carboxylic acids is 1. The Morgan fingerprint density at radius 3 is 2.31 bits per heavy atom. The molecule has 2 fully saturated rings. The lowest BCUT2D eigenvalue weighted by Crippen LogP contribution is -2.55. The third-order valence-electron chi connectivity index (χ3n) is 6.28. The Kier molecular flexibility index (Phi) is 9.70. The molecule has 2 unspecified atom stereocenters. The lowest BCUT2D eigenvalue weighted by atomic mass is 9.84. The molecule has 1 saturated carbocycles. The number of amides is 3. The molecule has 8 nitrogen and oxygen atoms in total. The number of carboxylic acids is 1. The minimum Gasteiger partial charge on any atom is -0.480 e. The summed E-state index contributed by atoms with van der Waals surface area (Å²) in [5, 5.41) is 14.7. The van der Waals surface area contributed by atoms with Gasteiger partial charge in [0.2, 0.25) is 5.91 Å². The Hall–Kier alpha value is -1.83. The van der Waals surface area contributed by atoms with E-state index in [1.807, 2.05) is 11.8 Å². The maximum Gasteiger partial charge on any atom is 0.326 e. The molecule has 5 N–H and O–H groups in total. The van der Waals surface area contributed by atoms with E-state index in [0.29, 0.717) is 38.1 Å². The van der Waals surface area contributed by atoms with Crippen molar-refractivity contribution in [2.24, 2.45) is 11.7 Å². The van der Waals surface area contributed by atoms with E-state index >= 15 is 0 Å². The number of urea groups is 1. The molecule has 2 rings (SSSR count). The number of carbonyl (C=O) groups excluding carboxylic acids is 2. The quantitative estimate of drug-likeness (QED) is 0.411. The molecule has 0 aromatic rings. The summed E-state index contributed by atoms with van der Waals surface area (Å²) in [6.45, 7) is 3.26. The van der Waals surface area contributed by atoms with Gasteiger partial charge in [0.05, 0.1) is 0 Å². The number of rotatable bonds is 10. The van der Waals surface area contributed by atoms with Gasteiger partial charge >= 0.3 is 12.0 Å². The van der Waals surface area contributed by atoms with Crippen molar-refractivity contribution in [1.29, 1.82) is 0 Å². The van der Waals surface area contributed by atoms with Crippen LogP contribution in [0.1, 0.15) is 77.6 Å². The number of carbonyl (C=O) groups is 3. The standard InChI is InChI=1S/C21H38N4O4/c1-15-8-7-13-25(15)19(26)18(14-16-9-3-2-4-10-16)24-21(29)23-17(20(27)28)11-5-6-12-22/h15-18H,2-14,22H2,1H3,(H,27,28)(H2,23,24,29)/t15?,17?,18-/m1/s1. The number of hydrogen-bond donors (Lipinski definition) is 4. The summed E-state index contributed by atoms with van der Waals surface area (Å²) < 4.78 is 0. The smallest absolute Gasteiger partial charge is 0.326 e. The molecule has 166 valence electrons. The maximum atomic E-state index is 13.1. The third kappa shape index (κ3) is 7.49. The number of carboxylic acid groups (broad SMARTS) is 1. The molecule has 0 aromatic heterocycles. The molecule has 1 aliphatic carbocycles. The van der Waals surface area contributed by atoms with Crippen LogP contribution in [0.2, 0.25) is 0 Å². The monoisotopic (exact) mass is 410 g/mol. The largest absolute Gasteiger partial charge is 0.480 e. The SMILES string of the molecule is CC1CCCN1C(=O)[C@@H](CC1CCCCC1)NC(=O)NC(CCCCN)C(=O)O. The second kappa shape index (κ2) is 12.0. The van der Waals surface area contributed by atoms with Gasteiger partial charge in [0.25, 0.3) is 0 Å². The van der Waals surface area contributed by atoms with Crippen LogP contribution in [0.25, 0.3) is 0 Å². The lowest BCUT2D eigenvalue weighted by molar-refractivity contribution is -0.139. The van der Waals surface area contributed by atoms with Crippen molar-refractivity contribution in [3.8, 4) is 0 Å². The van der Waals surface area contributed by atoms with Crippen molar-refractivity contribution >= 4 is 17.9 Å². The van der Waals surface area contributed by atoms with Crippen molar-refractivity contribution in [2.45, 2.75) is 95.7 Å². The fourth-order valence-corrected chi connectivity index (χ4v) is 4.55. The second-order valence-electron chi connectivity index (χ2n) is 8.61. The summed E-state index contributed by atoms with van der Waals surface area (Å²) in [5.41, 5.74) is 5.46. The van der Waals surface area contributed by atoms with Crippen molar-refractivity contribution in [3.05, 3.63) is 0 Å². The average Bonchev–Trinajstić information content (AvgIpc) is 3.13. The van der Waals surface area contributed by atoms with E-state index in [2.05, 4.69) is 10.6 Å². The summed E-state index contributed by atoms with van der Waals surface area (Å²) in [6, 6.07) is -1.97. The van der Waals surface area contributed by atoms with E-state index in [1.54, 1.807) is 0 Å². The van der Waals surface area contributed by atoms with Crippen LogP contribution < -0.4 is 16.4 Å². The number of unbranched alkanes of at least 4 members (excludes halogenated alkanes) is 1. The zero-order valence-electron chi connectivity index (χ0n) is 17.7. The van der Waals surface area contributed by atoms with Gasteiger partial charge in [-0.25, -0.2) is 9.59 Å². The van der Waals surface area contributed by atoms with Gasteiger partial charge < -0.3 is 26.4 Å². The van der Waals surface area contributed by atoms with Crippen LogP contribution in [0.4, 0.5) is 4.79 Å². The number of nitrogens with zero attached hydrogens (tertiary/aromatic N) is 1. The van der Waals surface area contributed by atoms with Crippen molar-refractivity contribution in [2.75, 3.05) is 13.1 Å². The molecule has 29 heavy (non-hydrogen) atoms. The summed E-state index contributed by atoms with van der Waals surface area (Å²) in [6.07, 6.45) is 9.99. The maximum absolute atomic E-state index is 13.1. The van der Waals surface area contributed by atoms with Gasteiger partial charge in [-0.15, -0.1) is 0 Å². The normalized spacial score (nSPS) is 22.1. The Morgan fingerprint density at radius 1 is 1.03 bits per heavy atom. The highest BCUT2D eigenvalue weighted by molar-refractivity contribution is 5.89. The predicted octanol–water partition coefficient (Wildman–Crippen LogP) is 2.22. The molecule has 0 aromatic carbocycles. The first-order chi connectivity index (χ1) is 13.9. The fraction of sp³-hybridized carbons (Fsp3) is 0.857. The molecule has 0 bridgehead atoms. The first-order valence-electron chi connectivity index (χ1n) is 11.2. The average molecular weight is 411 g/mol. The zero-order valence-corrected chi connectivity index (χ0v) is 17.7. The minimum absolute atomic E-state index is 0.0364. The number of nitrogens with one attached hydrogen (secondary N) is 2.